The third-order valence-corrected chi connectivity index (χ3v) is 3.54. The molecule has 6 heteroatoms. The number of carbonyl (C=O) groups excluding carboxylic acids is 2. The van der Waals surface area contributed by atoms with Gasteiger partial charge in [-0.15, -0.1) is 11.3 Å². The molecule has 20 heavy (non-hydrogen) atoms. The predicted octanol–water partition coefficient (Wildman–Crippen LogP) is 1.78. The summed E-state index contributed by atoms with van der Waals surface area (Å²) in [6.45, 7) is 0.131. The first-order valence-corrected chi connectivity index (χ1v) is 6.88. The van der Waals surface area contributed by atoms with E-state index >= 15 is 0 Å². The molecule has 2 aromatic rings. The minimum absolute atomic E-state index is 0.131. The quantitative estimate of drug-likeness (QED) is 0.710. The molecule has 1 atom stereocenters. The van der Waals surface area contributed by atoms with E-state index in [0.717, 1.165) is 0 Å². The van der Waals surface area contributed by atoms with E-state index in [1.807, 2.05) is 11.4 Å². The first-order valence-electron chi connectivity index (χ1n) is 6.00. The second-order valence-electron chi connectivity index (χ2n) is 4.10. The molecule has 0 bridgehead atoms. The summed E-state index contributed by atoms with van der Waals surface area (Å²) < 4.78 is 0. The fraction of sp³-hybridized carbons (Fsp3) is 0.143. The molecule has 0 aliphatic heterocycles. The van der Waals surface area contributed by atoms with E-state index in [9.17, 15) is 14.7 Å². The van der Waals surface area contributed by atoms with Crippen molar-refractivity contribution in [2.75, 3.05) is 11.9 Å². The lowest BCUT2D eigenvalue weighted by Crippen LogP contribution is -2.19. The van der Waals surface area contributed by atoms with Crippen LogP contribution >= 0.6 is 11.3 Å². The van der Waals surface area contributed by atoms with Crippen LogP contribution in [0.15, 0.2) is 41.8 Å². The van der Waals surface area contributed by atoms with Crippen LogP contribution < -0.4 is 10.6 Å². The van der Waals surface area contributed by atoms with Crippen molar-refractivity contribution in [2.45, 2.75) is 6.10 Å². The Morgan fingerprint density at radius 2 is 2.20 bits per heavy atom. The van der Waals surface area contributed by atoms with Crippen molar-refractivity contribution in [3.8, 4) is 0 Å². The minimum atomic E-state index is -0.807. The summed E-state index contributed by atoms with van der Waals surface area (Å²) in [5, 5.41) is 16.9. The van der Waals surface area contributed by atoms with Crippen molar-refractivity contribution in [1.82, 2.24) is 5.32 Å². The number of carbonyl (C=O) groups is 2. The Morgan fingerprint density at radius 1 is 1.35 bits per heavy atom. The van der Waals surface area contributed by atoms with Gasteiger partial charge in [-0.2, -0.15) is 0 Å². The smallest absolute Gasteiger partial charge is 0.265 e. The zero-order valence-electron chi connectivity index (χ0n) is 10.6. The van der Waals surface area contributed by atoms with Gasteiger partial charge in [-0.1, -0.05) is 18.2 Å². The van der Waals surface area contributed by atoms with Crippen LogP contribution in [0.25, 0.3) is 0 Å². The molecule has 104 valence electrons. The maximum atomic E-state index is 11.9. The maximum absolute atomic E-state index is 11.9. The molecule has 1 aromatic heterocycles. The molecule has 0 radical (unpaired) electrons. The fourth-order valence-electron chi connectivity index (χ4n) is 1.70. The van der Waals surface area contributed by atoms with E-state index in [1.165, 1.54) is 11.3 Å². The van der Waals surface area contributed by atoms with Gasteiger partial charge in [0.1, 0.15) is 0 Å². The Kier molecular flexibility index (Phi) is 4.86. The third-order valence-electron chi connectivity index (χ3n) is 2.67. The molecule has 1 unspecified atom stereocenters. The SMILES string of the molecule is O=CNCC(O)c1cccc(NC(=O)c2cccs2)c1. The van der Waals surface area contributed by atoms with Crippen LogP contribution in [-0.2, 0) is 4.79 Å². The molecular formula is C14H14N2O3S. The Bertz CT molecular complexity index is 584. The van der Waals surface area contributed by atoms with Crippen LogP contribution in [0.2, 0.25) is 0 Å². The number of amides is 2. The number of anilines is 1. The zero-order chi connectivity index (χ0) is 14.4. The van der Waals surface area contributed by atoms with Crippen molar-refractivity contribution >= 4 is 29.3 Å². The Morgan fingerprint density at radius 3 is 2.90 bits per heavy atom. The number of aliphatic hydroxyl groups excluding tert-OH is 1. The van der Waals surface area contributed by atoms with Crippen molar-refractivity contribution in [3.05, 3.63) is 52.2 Å². The molecule has 0 aliphatic carbocycles. The highest BCUT2D eigenvalue weighted by Crippen LogP contribution is 2.18. The maximum Gasteiger partial charge on any atom is 0.265 e. The van der Waals surface area contributed by atoms with Crippen LogP contribution in [0, 0.1) is 0 Å². The summed E-state index contributed by atoms with van der Waals surface area (Å²) in [6.07, 6.45) is -0.273. The number of rotatable bonds is 6. The first-order chi connectivity index (χ1) is 9.70. The zero-order valence-corrected chi connectivity index (χ0v) is 11.4. The predicted molar refractivity (Wildman–Crippen MR) is 77.7 cm³/mol. The number of aliphatic hydroxyl groups is 1. The Labute approximate surface area is 120 Å². The monoisotopic (exact) mass is 290 g/mol. The molecule has 2 rings (SSSR count). The summed E-state index contributed by atoms with van der Waals surface area (Å²) >= 11 is 1.36. The molecular weight excluding hydrogens is 276 g/mol. The minimum Gasteiger partial charge on any atom is -0.387 e. The summed E-state index contributed by atoms with van der Waals surface area (Å²) in [5.74, 6) is -0.183. The lowest BCUT2D eigenvalue weighted by Gasteiger charge is -2.12. The standard InChI is InChI=1S/C14H14N2O3S/c17-9-15-8-12(18)10-3-1-4-11(7-10)16-14(19)13-5-2-6-20-13/h1-7,9,12,18H,8H2,(H,15,17)(H,16,19). The van der Waals surface area contributed by atoms with Gasteiger partial charge >= 0.3 is 0 Å². The molecule has 2 amide bonds. The van der Waals surface area contributed by atoms with Crippen LogP contribution in [-0.4, -0.2) is 24.0 Å². The number of benzene rings is 1. The van der Waals surface area contributed by atoms with Gasteiger partial charge in [-0.3, -0.25) is 9.59 Å². The topological polar surface area (TPSA) is 78.4 Å². The molecule has 0 fully saturated rings. The van der Waals surface area contributed by atoms with Crippen LogP contribution in [0.3, 0.4) is 0 Å². The van der Waals surface area contributed by atoms with Gasteiger partial charge in [0.05, 0.1) is 11.0 Å². The van der Waals surface area contributed by atoms with Gasteiger partial charge in [0.25, 0.3) is 5.91 Å². The molecule has 3 N–H and O–H groups in total. The second kappa shape index (κ2) is 6.83. The number of thiophene rings is 1. The van der Waals surface area contributed by atoms with Gasteiger partial charge in [0, 0.05) is 12.2 Å². The van der Waals surface area contributed by atoms with E-state index < -0.39 is 6.10 Å². The Hall–Kier alpha value is -2.18. The summed E-state index contributed by atoms with van der Waals surface area (Å²) in [7, 11) is 0. The molecule has 0 saturated heterocycles. The van der Waals surface area contributed by atoms with Crippen LogP contribution in [0.4, 0.5) is 5.69 Å². The molecule has 0 saturated carbocycles. The number of hydrogen-bond donors (Lipinski definition) is 3. The fourth-order valence-corrected chi connectivity index (χ4v) is 2.32. The summed E-state index contributed by atoms with van der Waals surface area (Å²) in [5.41, 5.74) is 1.23. The molecule has 0 aliphatic rings. The largest absolute Gasteiger partial charge is 0.387 e. The Balaban J connectivity index is 2.06. The van der Waals surface area contributed by atoms with Gasteiger partial charge in [0.15, 0.2) is 0 Å². The van der Waals surface area contributed by atoms with Gasteiger partial charge < -0.3 is 15.7 Å². The molecule has 1 aromatic carbocycles. The second-order valence-corrected chi connectivity index (χ2v) is 5.05. The molecule has 1 heterocycles. The highest BCUT2D eigenvalue weighted by molar-refractivity contribution is 7.12. The van der Waals surface area contributed by atoms with E-state index in [2.05, 4.69) is 10.6 Å². The van der Waals surface area contributed by atoms with E-state index in [0.29, 0.717) is 22.5 Å². The van der Waals surface area contributed by atoms with Crippen molar-refractivity contribution < 1.29 is 14.7 Å². The summed E-state index contributed by atoms with van der Waals surface area (Å²) in [6, 6.07) is 10.5. The van der Waals surface area contributed by atoms with Crippen molar-refractivity contribution in [1.29, 1.82) is 0 Å². The lowest BCUT2D eigenvalue weighted by molar-refractivity contribution is -0.109. The van der Waals surface area contributed by atoms with Gasteiger partial charge in [-0.05, 0) is 29.1 Å². The van der Waals surface area contributed by atoms with Crippen LogP contribution in [0.5, 0.6) is 0 Å². The average Bonchev–Trinajstić information content (AvgIpc) is 2.99. The van der Waals surface area contributed by atoms with Crippen molar-refractivity contribution in [2.24, 2.45) is 0 Å². The first kappa shape index (κ1) is 14.2. The third kappa shape index (κ3) is 3.66. The number of nitrogens with one attached hydrogen (secondary N) is 2. The molecule has 0 spiro atoms. The lowest BCUT2D eigenvalue weighted by atomic mass is 10.1. The van der Waals surface area contributed by atoms with Crippen LogP contribution in [0.1, 0.15) is 21.3 Å². The van der Waals surface area contributed by atoms with Crippen molar-refractivity contribution in [3.63, 3.8) is 0 Å². The molecule has 5 nitrogen and oxygen atoms in total. The summed E-state index contributed by atoms with van der Waals surface area (Å²) in [4.78, 5) is 22.7. The normalized spacial score (nSPS) is 11.7. The average molecular weight is 290 g/mol. The van der Waals surface area contributed by atoms with E-state index in [1.54, 1.807) is 30.3 Å². The van der Waals surface area contributed by atoms with Gasteiger partial charge in [-0.25, -0.2) is 0 Å². The highest BCUT2D eigenvalue weighted by atomic mass is 32.1. The van der Waals surface area contributed by atoms with E-state index in [-0.39, 0.29) is 12.5 Å². The van der Waals surface area contributed by atoms with Gasteiger partial charge in [0.2, 0.25) is 6.41 Å². The highest BCUT2D eigenvalue weighted by Gasteiger charge is 2.10. The number of hydrogen-bond acceptors (Lipinski definition) is 4. The van der Waals surface area contributed by atoms with E-state index in [4.69, 9.17) is 0 Å².